The van der Waals surface area contributed by atoms with Crippen LogP contribution in [0.15, 0.2) is 48.5 Å². The maximum Gasteiger partial charge on any atom is 0.253 e. The molecule has 0 aliphatic carbocycles. The Morgan fingerprint density at radius 2 is 1.83 bits per heavy atom. The summed E-state index contributed by atoms with van der Waals surface area (Å²) in [6, 6.07) is 12.5. The van der Waals surface area contributed by atoms with E-state index >= 15 is 0 Å². The van der Waals surface area contributed by atoms with E-state index in [4.69, 9.17) is 9.84 Å². The molecule has 0 spiro atoms. The highest BCUT2D eigenvalue weighted by Gasteiger charge is 2.28. The molecule has 0 aromatic heterocycles. The molecule has 1 amide bonds. The standard InChI is InChI=1S/C24H28N2O4/c1-24(2)15-18-9-10-19(30-4)13-20(18)21(25-24)14-22(28)16-5-7-17(8-6-16)23(29)26(3)11-12-27/h5-10,13-14,25,27H,11-12,15H2,1-4H3/b21-14-. The summed E-state index contributed by atoms with van der Waals surface area (Å²) < 4.78 is 5.35. The lowest BCUT2D eigenvalue weighted by Crippen LogP contribution is -2.43. The van der Waals surface area contributed by atoms with Gasteiger partial charge in [0, 0.05) is 47.6 Å². The van der Waals surface area contributed by atoms with Crippen LogP contribution in [0.3, 0.4) is 0 Å². The van der Waals surface area contributed by atoms with Gasteiger partial charge in [-0.05, 0) is 50.1 Å². The van der Waals surface area contributed by atoms with Crippen molar-refractivity contribution in [1.82, 2.24) is 10.2 Å². The molecule has 0 atom stereocenters. The van der Waals surface area contributed by atoms with Crippen molar-refractivity contribution in [3.63, 3.8) is 0 Å². The Kier molecular flexibility index (Phi) is 6.27. The van der Waals surface area contributed by atoms with Gasteiger partial charge in [0.05, 0.1) is 13.7 Å². The summed E-state index contributed by atoms with van der Waals surface area (Å²) in [6.07, 6.45) is 2.45. The zero-order valence-corrected chi connectivity index (χ0v) is 17.9. The van der Waals surface area contributed by atoms with Crippen molar-refractivity contribution < 1.29 is 19.4 Å². The fourth-order valence-electron chi connectivity index (χ4n) is 3.62. The minimum Gasteiger partial charge on any atom is -0.497 e. The number of benzene rings is 2. The Balaban J connectivity index is 1.88. The number of ether oxygens (including phenoxy) is 1. The number of fused-ring (bicyclic) bond motifs is 1. The highest BCUT2D eigenvalue weighted by atomic mass is 16.5. The zero-order valence-electron chi connectivity index (χ0n) is 17.9. The number of amides is 1. The summed E-state index contributed by atoms with van der Waals surface area (Å²) in [6.45, 7) is 4.36. The van der Waals surface area contributed by atoms with Crippen molar-refractivity contribution in [2.24, 2.45) is 0 Å². The van der Waals surface area contributed by atoms with Crippen LogP contribution in [0.4, 0.5) is 0 Å². The van der Waals surface area contributed by atoms with Gasteiger partial charge >= 0.3 is 0 Å². The highest BCUT2D eigenvalue weighted by molar-refractivity contribution is 6.09. The Morgan fingerprint density at radius 3 is 2.47 bits per heavy atom. The average Bonchev–Trinajstić information content (AvgIpc) is 2.72. The largest absolute Gasteiger partial charge is 0.497 e. The number of carbonyl (C=O) groups excluding carboxylic acids is 2. The number of nitrogens with one attached hydrogen (secondary N) is 1. The molecule has 2 N–H and O–H groups in total. The number of aliphatic hydroxyl groups is 1. The molecule has 0 fully saturated rings. The van der Waals surface area contributed by atoms with Crippen LogP contribution in [0.1, 0.15) is 45.7 Å². The third-order valence-corrected chi connectivity index (χ3v) is 5.19. The molecular formula is C24H28N2O4. The number of ketones is 1. The van der Waals surface area contributed by atoms with Crippen LogP contribution in [-0.4, -0.2) is 54.5 Å². The first kappa shape index (κ1) is 21.6. The minimum absolute atomic E-state index is 0.0952. The molecule has 2 aromatic rings. The first-order chi connectivity index (χ1) is 14.2. The number of rotatable bonds is 6. The van der Waals surface area contributed by atoms with E-state index in [-0.39, 0.29) is 30.4 Å². The van der Waals surface area contributed by atoms with Crippen LogP contribution < -0.4 is 10.1 Å². The van der Waals surface area contributed by atoms with E-state index in [2.05, 4.69) is 19.2 Å². The van der Waals surface area contributed by atoms with Gasteiger partial charge in [-0.2, -0.15) is 0 Å². The molecule has 6 heteroatoms. The van der Waals surface area contributed by atoms with Crippen molar-refractivity contribution >= 4 is 17.4 Å². The predicted molar refractivity (Wildman–Crippen MR) is 117 cm³/mol. The fourth-order valence-corrected chi connectivity index (χ4v) is 3.62. The molecule has 0 saturated heterocycles. The SMILES string of the molecule is COc1ccc2c(c1)/C(=C/C(=O)c1ccc(C(=O)N(C)CCO)cc1)NC(C)(C)C2. The van der Waals surface area contributed by atoms with E-state index in [0.29, 0.717) is 11.1 Å². The van der Waals surface area contributed by atoms with Crippen LogP contribution in [0, 0.1) is 0 Å². The van der Waals surface area contributed by atoms with Crippen molar-refractivity contribution in [3.05, 3.63) is 70.8 Å². The molecule has 1 heterocycles. The van der Waals surface area contributed by atoms with Crippen molar-refractivity contribution in [2.75, 3.05) is 27.3 Å². The lowest BCUT2D eigenvalue weighted by Gasteiger charge is -2.35. The number of hydrogen-bond donors (Lipinski definition) is 2. The maximum absolute atomic E-state index is 12.9. The summed E-state index contributed by atoms with van der Waals surface area (Å²) in [5, 5.41) is 12.4. The molecule has 2 aromatic carbocycles. The first-order valence-electron chi connectivity index (χ1n) is 9.92. The van der Waals surface area contributed by atoms with Crippen molar-refractivity contribution in [2.45, 2.75) is 25.8 Å². The van der Waals surface area contributed by atoms with E-state index in [1.165, 1.54) is 4.90 Å². The number of likely N-dealkylation sites (N-methyl/N-ethyl adjacent to an activating group) is 1. The van der Waals surface area contributed by atoms with Crippen LogP contribution >= 0.6 is 0 Å². The summed E-state index contributed by atoms with van der Waals surface area (Å²) >= 11 is 0. The van der Waals surface area contributed by atoms with Crippen LogP contribution in [-0.2, 0) is 6.42 Å². The number of nitrogens with zero attached hydrogens (tertiary/aromatic N) is 1. The molecule has 0 bridgehead atoms. The summed E-state index contributed by atoms with van der Waals surface area (Å²) in [5.74, 6) is 0.397. The lowest BCUT2D eigenvalue weighted by atomic mass is 9.85. The summed E-state index contributed by atoms with van der Waals surface area (Å²) in [5.41, 5.74) is 3.67. The predicted octanol–water partition coefficient (Wildman–Crippen LogP) is 2.91. The van der Waals surface area contributed by atoms with Gasteiger partial charge in [-0.3, -0.25) is 9.59 Å². The molecule has 0 saturated carbocycles. The Morgan fingerprint density at radius 1 is 1.17 bits per heavy atom. The van der Waals surface area contributed by atoms with E-state index < -0.39 is 0 Å². The summed E-state index contributed by atoms with van der Waals surface area (Å²) in [7, 11) is 3.25. The van der Waals surface area contributed by atoms with Crippen LogP contribution in [0.25, 0.3) is 5.70 Å². The van der Waals surface area contributed by atoms with Gasteiger partial charge in [-0.25, -0.2) is 0 Å². The van der Waals surface area contributed by atoms with Gasteiger partial charge in [0.15, 0.2) is 5.78 Å². The maximum atomic E-state index is 12.9. The highest BCUT2D eigenvalue weighted by Crippen LogP contribution is 2.32. The molecule has 0 unspecified atom stereocenters. The number of aliphatic hydroxyl groups excluding tert-OH is 1. The number of carbonyl (C=O) groups is 2. The van der Waals surface area contributed by atoms with Gasteiger partial charge < -0.3 is 20.1 Å². The van der Waals surface area contributed by atoms with Crippen LogP contribution in [0.2, 0.25) is 0 Å². The molecule has 0 radical (unpaired) electrons. The second-order valence-corrected chi connectivity index (χ2v) is 8.16. The molecular weight excluding hydrogens is 380 g/mol. The van der Waals surface area contributed by atoms with E-state index in [0.717, 1.165) is 29.0 Å². The van der Waals surface area contributed by atoms with E-state index in [1.54, 1.807) is 44.5 Å². The lowest BCUT2D eigenvalue weighted by molar-refractivity contribution is 0.0766. The van der Waals surface area contributed by atoms with Crippen LogP contribution in [0.5, 0.6) is 5.75 Å². The normalized spacial score (nSPS) is 15.8. The van der Waals surface area contributed by atoms with E-state index in [9.17, 15) is 9.59 Å². The first-order valence-corrected chi connectivity index (χ1v) is 9.92. The van der Waals surface area contributed by atoms with Gasteiger partial charge in [0.2, 0.25) is 0 Å². The number of methoxy groups -OCH3 is 1. The second kappa shape index (κ2) is 8.71. The number of allylic oxidation sites excluding steroid dienone is 1. The molecule has 30 heavy (non-hydrogen) atoms. The second-order valence-electron chi connectivity index (χ2n) is 8.16. The van der Waals surface area contributed by atoms with E-state index in [1.807, 2.05) is 18.2 Å². The molecule has 1 aliphatic heterocycles. The average molecular weight is 408 g/mol. The summed E-state index contributed by atoms with van der Waals surface area (Å²) in [4.78, 5) is 26.7. The topological polar surface area (TPSA) is 78.9 Å². The monoisotopic (exact) mass is 408 g/mol. The van der Waals surface area contributed by atoms with Crippen molar-refractivity contribution in [1.29, 1.82) is 0 Å². The Labute approximate surface area is 177 Å². The van der Waals surface area contributed by atoms with Gasteiger partial charge in [-0.1, -0.05) is 18.2 Å². The zero-order chi connectivity index (χ0) is 21.9. The molecule has 158 valence electrons. The quantitative estimate of drug-likeness (QED) is 0.568. The molecule has 3 rings (SSSR count). The van der Waals surface area contributed by atoms with Crippen molar-refractivity contribution in [3.8, 4) is 5.75 Å². The third kappa shape index (κ3) is 4.71. The molecule has 6 nitrogen and oxygen atoms in total. The van der Waals surface area contributed by atoms with Gasteiger partial charge in [0.25, 0.3) is 5.91 Å². The third-order valence-electron chi connectivity index (χ3n) is 5.19. The Hall–Kier alpha value is -3.12. The Bertz CT molecular complexity index is 977. The van der Waals surface area contributed by atoms with Gasteiger partial charge in [0.1, 0.15) is 5.75 Å². The smallest absolute Gasteiger partial charge is 0.253 e. The van der Waals surface area contributed by atoms with Gasteiger partial charge in [-0.15, -0.1) is 0 Å². The fraction of sp³-hybridized carbons (Fsp3) is 0.333. The number of hydrogen-bond acceptors (Lipinski definition) is 5. The minimum atomic E-state index is -0.196. The molecule has 1 aliphatic rings.